The van der Waals surface area contributed by atoms with Crippen molar-refractivity contribution in [3.8, 4) is 0 Å². The van der Waals surface area contributed by atoms with Crippen molar-refractivity contribution in [1.29, 1.82) is 0 Å². The highest BCUT2D eigenvalue weighted by molar-refractivity contribution is 7.80. The molecule has 3 N–H and O–H groups in total. The molecule has 0 radical (unpaired) electrons. The molecule has 1 saturated heterocycles. The highest BCUT2D eigenvalue weighted by atomic mass is 32.1. The molecule has 8 nitrogen and oxygen atoms in total. The molecular formula is C32H39N5O3S. The largest absolute Gasteiger partial charge is 0.382 e. The summed E-state index contributed by atoms with van der Waals surface area (Å²) in [6.45, 7) is 10.2. The van der Waals surface area contributed by atoms with Crippen LogP contribution in [0.1, 0.15) is 52.9 Å². The molecule has 2 bridgehead atoms. The van der Waals surface area contributed by atoms with Gasteiger partial charge in [0.05, 0.1) is 11.4 Å². The average molecular weight is 574 g/mol. The highest BCUT2D eigenvalue weighted by Crippen LogP contribution is 2.39. The van der Waals surface area contributed by atoms with Gasteiger partial charge in [-0.2, -0.15) is 0 Å². The molecule has 41 heavy (non-hydrogen) atoms. The zero-order chi connectivity index (χ0) is 28.9. The Balaban J connectivity index is 1.39. The number of benzene rings is 2. The summed E-state index contributed by atoms with van der Waals surface area (Å²) in [7, 11) is 0. The maximum atomic E-state index is 13.0. The molecule has 216 valence electrons. The number of hydrogen-bond donors (Lipinski definition) is 3. The van der Waals surface area contributed by atoms with Gasteiger partial charge in [-0.15, -0.1) is 0 Å². The van der Waals surface area contributed by atoms with Crippen LogP contribution in [0.15, 0.2) is 59.4 Å². The van der Waals surface area contributed by atoms with Crippen LogP contribution in [-0.2, 0) is 11.3 Å². The van der Waals surface area contributed by atoms with E-state index in [0.29, 0.717) is 36.4 Å². The van der Waals surface area contributed by atoms with E-state index in [0.717, 1.165) is 66.4 Å². The Kier molecular flexibility index (Phi) is 9.05. The van der Waals surface area contributed by atoms with Crippen molar-refractivity contribution in [1.82, 2.24) is 9.88 Å². The summed E-state index contributed by atoms with van der Waals surface area (Å²) in [5, 5.41) is 10.2. The number of aryl methyl sites for hydroxylation is 2. The number of ether oxygens (including phenoxy) is 1. The first-order chi connectivity index (χ1) is 19.8. The third kappa shape index (κ3) is 6.97. The van der Waals surface area contributed by atoms with Gasteiger partial charge in [-0.25, -0.2) is 0 Å². The lowest BCUT2D eigenvalue weighted by atomic mass is 9.83. The lowest BCUT2D eigenvalue weighted by Crippen LogP contribution is -2.47. The second-order valence-corrected chi connectivity index (χ2v) is 11.5. The van der Waals surface area contributed by atoms with Gasteiger partial charge in [0.2, 0.25) is 0 Å². The Hall–Kier alpha value is -3.69. The SMILES string of the molecule is CCOCCCNC(=O)c1ccc(N2C[C@H]3C[C@@H](C2)c2cccc(=O)n2C3)c(NC(=S)Nc2cc(C)cc(C)c2)c1. The monoisotopic (exact) mass is 573 g/mol. The molecule has 0 spiro atoms. The lowest BCUT2D eigenvalue weighted by Gasteiger charge is -2.44. The number of nitrogens with zero attached hydrogens (tertiary/aromatic N) is 2. The lowest BCUT2D eigenvalue weighted by molar-refractivity contribution is 0.0944. The molecule has 3 aromatic rings. The van der Waals surface area contributed by atoms with Crippen LogP contribution in [-0.4, -0.2) is 48.4 Å². The third-order valence-corrected chi connectivity index (χ3v) is 7.97. The Morgan fingerprint density at radius 2 is 1.83 bits per heavy atom. The molecule has 0 unspecified atom stereocenters. The minimum absolute atomic E-state index is 0.0763. The first-order valence-electron chi connectivity index (χ1n) is 14.4. The van der Waals surface area contributed by atoms with E-state index in [1.807, 2.05) is 35.8 Å². The van der Waals surface area contributed by atoms with Gasteiger partial charge in [0.25, 0.3) is 11.5 Å². The zero-order valence-corrected chi connectivity index (χ0v) is 24.9. The van der Waals surface area contributed by atoms with Gasteiger partial charge in [0, 0.05) is 68.3 Å². The summed E-state index contributed by atoms with van der Waals surface area (Å²) in [6, 6.07) is 17.6. The number of carbonyl (C=O) groups excluding carboxylic acids is 1. The number of hydrogen-bond acceptors (Lipinski definition) is 5. The van der Waals surface area contributed by atoms with Crippen molar-refractivity contribution >= 4 is 40.3 Å². The molecule has 3 heterocycles. The Labute approximate surface area is 247 Å². The van der Waals surface area contributed by atoms with Crippen molar-refractivity contribution in [2.45, 2.75) is 46.1 Å². The van der Waals surface area contributed by atoms with Gasteiger partial charge in [-0.1, -0.05) is 12.1 Å². The summed E-state index contributed by atoms with van der Waals surface area (Å²) in [4.78, 5) is 27.9. The predicted molar refractivity (Wildman–Crippen MR) is 169 cm³/mol. The molecule has 2 atom stereocenters. The van der Waals surface area contributed by atoms with Crippen LogP contribution in [0, 0.1) is 19.8 Å². The summed E-state index contributed by atoms with van der Waals surface area (Å²) in [6.07, 6.45) is 1.82. The van der Waals surface area contributed by atoms with E-state index in [1.165, 1.54) is 0 Å². The molecule has 1 fully saturated rings. The van der Waals surface area contributed by atoms with Gasteiger partial charge >= 0.3 is 0 Å². The number of nitrogens with one attached hydrogen (secondary N) is 3. The van der Waals surface area contributed by atoms with E-state index >= 15 is 0 Å². The maximum absolute atomic E-state index is 13.0. The van der Waals surface area contributed by atoms with Crippen LogP contribution in [0.5, 0.6) is 0 Å². The van der Waals surface area contributed by atoms with Crippen LogP contribution in [0.2, 0.25) is 0 Å². The summed E-state index contributed by atoms with van der Waals surface area (Å²) < 4.78 is 7.32. The van der Waals surface area contributed by atoms with Gasteiger partial charge in [-0.3, -0.25) is 9.59 Å². The molecule has 9 heteroatoms. The Bertz CT molecular complexity index is 1470. The predicted octanol–water partition coefficient (Wildman–Crippen LogP) is 5.05. The van der Waals surface area contributed by atoms with Crippen molar-refractivity contribution in [3.63, 3.8) is 0 Å². The maximum Gasteiger partial charge on any atom is 0.251 e. The van der Waals surface area contributed by atoms with Gasteiger partial charge < -0.3 is 30.2 Å². The molecular weight excluding hydrogens is 534 g/mol. The molecule has 5 rings (SSSR count). The fourth-order valence-electron chi connectivity index (χ4n) is 6.10. The third-order valence-electron chi connectivity index (χ3n) is 7.76. The van der Waals surface area contributed by atoms with Crippen molar-refractivity contribution in [3.05, 3.63) is 87.3 Å². The topological polar surface area (TPSA) is 87.6 Å². The van der Waals surface area contributed by atoms with Gasteiger partial charge in [0.1, 0.15) is 0 Å². The minimum atomic E-state index is -0.131. The van der Waals surface area contributed by atoms with E-state index in [9.17, 15) is 9.59 Å². The van der Waals surface area contributed by atoms with E-state index in [1.54, 1.807) is 6.07 Å². The number of anilines is 3. The number of piperidine rings is 1. The normalized spacial score (nSPS) is 17.5. The van der Waals surface area contributed by atoms with Gasteiger partial charge in [0.15, 0.2) is 5.11 Å². The van der Waals surface area contributed by atoms with Crippen LogP contribution < -0.4 is 26.4 Å². The average Bonchev–Trinajstić information content (AvgIpc) is 2.92. The molecule has 0 aliphatic carbocycles. The number of fused-ring (bicyclic) bond motifs is 4. The standard InChI is InChI=1S/C32H39N5O3S/c1-4-40-12-6-11-33-31(39)24-9-10-29(27(17-24)35-32(41)34-26-14-21(2)13-22(3)15-26)36-18-23-16-25(20-36)28-7-5-8-30(38)37(28)19-23/h5,7-10,13-15,17,23,25H,4,6,11-12,16,18-20H2,1-3H3,(H,33,39)(H2,34,35,41)/t23-,25+/m1/s1. The highest BCUT2D eigenvalue weighted by Gasteiger charge is 2.35. The number of carbonyl (C=O) groups is 1. The number of amides is 1. The van der Waals surface area contributed by atoms with E-state index < -0.39 is 0 Å². The van der Waals surface area contributed by atoms with E-state index in [4.69, 9.17) is 17.0 Å². The van der Waals surface area contributed by atoms with Crippen LogP contribution in [0.3, 0.4) is 0 Å². The second kappa shape index (κ2) is 12.9. The van der Waals surface area contributed by atoms with Crippen molar-refractivity contribution < 1.29 is 9.53 Å². The second-order valence-electron chi connectivity index (χ2n) is 11.1. The fourth-order valence-corrected chi connectivity index (χ4v) is 6.33. The first kappa shape index (κ1) is 28.8. The Morgan fingerprint density at radius 1 is 1.02 bits per heavy atom. The molecule has 2 aliphatic heterocycles. The zero-order valence-electron chi connectivity index (χ0n) is 24.0. The molecule has 2 aliphatic rings. The minimum Gasteiger partial charge on any atom is -0.382 e. The molecule has 1 aromatic heterocycles. The van der Waals surface area contributed by atoms with E-state index in [-0.39, 0.29) is 17.4 Å². The smallest absolute Gasteiger partial charge is 0.251 e. The Morgan fingerprint density at radius 3 is 2.61 bits per heavy atom. The quantitative estimate of drug-likeness (QED) is 0.244. The first-order valence-corrected chi connectivity index (χ1v) is 14.8. The number of pyridine rings is 1. The van der Waals surface area contributed by atoms with Crippen LogP contribution in [0.25, 0.3) is 0 Å². The summed E-state index contributed by atoms with van der Waals surface area (Å²) >= 11 is 5.74. The van der Waals surface area contributed by atoms with Crippen LogP contribution >= 0.6 is 12.2 Å². The van der Waals surface area contributed by atoms with Crippen LogP contribution in [0.4, 0.5) is 17.1 Å². The summed E-state index contributed by atoms with van der Waals surface area (Å²) in [5.74, 6) is 0.494. The molecule has 2 aromatic carbocycles. The molecule has 1 amide bonds. The molecule has 0 saturated carbocycles. The van der Waals surface area contributed by atoms with Crippen molar-refractivity contribution in [2.75, 3.05) is 48.4 Å². The van der Waals surface area contributed by atoms with Gasteiger partial charge in [-0.05, 0) is 99.3 Å². The number of rotatable bonds is 9. The summed E-state index contributed by atoms with van der Waals surface area (Å²) in [5.41, 5.74) is 6.73. The van der Waals surface area contributed by atoms with Crippen molar-refractivity contribution in [2.24, 2.45) is 5.92 Å². The fraction of sp³-hybridized carbons (Fsp3) is 0.406. The van der Waals surface area contributed by atoms with E-state index in [2.05, 4.69) is 59.0 Å². The number of thiocarbonyl (C=S) groups is 1. The number of aromatic nitrogens is 1.